The molecule has 0 spiro atoms. The van der Waals surface area contributed by atoms with Gasteiger partial charge in [-0.2, -0.15) is 0 Å². The zero-order valence-electron chi connectivity index (χ0n) is 12.4. The van der Waals surface area contributed by atoms with Crippen molar-refractivity contribution in [2.24, 2.45) is 0 Å². The Kier molecular flexibility index (Phi) is 6.52. The van der Waals surface area contributed by atoms with E-state index in [1.165, 1.54) is 10.9 Å². The fourth-order valence-electron chi connectivity index (χ4n) is 1.67. The lowest BCUT2D eigenvalue weighted by Crippen LogP contribution is -2.07. The molecule has 1 N–H and O–H groups in total. The van der Waals surface area contributed by atoms with Gasteiger partial charge in [0.25, 0.3) is 0 Å². The SMILES string of the molecule is CC.Cc1ccc(Nc2cnccc2P(C)C)cc1. The molecule has 0 atom stereocenters. The monoisotopic (exact) mass is 274 g/mol. The number of aromatic nitrogens is 1. The third kappa shape index (κ3) is 4.65. The molecule has 0 amide bonds. The molecule has 1 heterocycles. The molecule has 3 heteroatoms. The highest BCUT2D eigenvalue weighted by Gasteiger charge is 2.05. The number of benzene rings is 1. The van der Waals surface area contributed by atoms with Crippen molar-refractivity contribution in [3.8, 4) is 0 Å². The van der Waals surface area contributed by atoms with Crippen LogP contribution in [-0.4, -0.2) is 18.3 Å². The molecular formula is C16H23N2P. The van der Waals surface area contributed by atoms with Crippen LogP contribution in [0.25, 0.3) is 0 Å². The van der Waals surface area contributed by atoms with Crippen molar-refractivity contribution in [2.45, 2.75) is 20.8 Å². The smallest absolute Gasteiger partial charge is 0.0648 e. The molecule has 0 fully saturated rings. The summed E-state index contributed by atoms with van der Waals surface area (Å²) in [5.74, 6) is 0. The number of rotatable bonds is 3. The summed E-state index contributed by atoms with van der Waals surface area (Å²) >= 11 is 0. The number of pyridine rings is 1. The standard InChI is InChI=1S/C14H17N2P.C2H6/c1-11-4-6-12(7-5-11)16-13-10-15-9-8-14(13)17(2)3;1-2/h4-10,16H,1-3H3;1-2H3. The summed E-state index contributed by atoms with van der Waals surface area (Å²) < 4.78 is 0. The topological polar surface area (TPSA) is 24.9 Å². The highest BCUT2D eigenvalue weighted by Crippen LogP contribution is 2.28. The van der Waals surface area contributed by atoms with Crippen LogP contribution < -0.4 is 10.6 Å². The molecule has 2 nitrogen and oxygen atoms in total. The normalized spacial score (nSPS) is 9.79. The van der Waals surface area contributed by atoms with Crippen LogP contribution in [0, 0.1) is 6.92 Å². The van der Waals surface area contributed by atoms with E-state index in [1.807, 2.05) is 26.2 Å². The first kappa shape index (κ1) is 15.7. The molecule has 0 bridgehead atoms. The van der Waals surface area contributed by atoms with Crippen LogP contribution in [0.2, 0.25) is 0 Å². The largest absolute Gasteiger partial charge is 0.354 e. The van der Waals surface area contributed by atoms with E-state index in [4.69, 9.17) is 0 Å². The van der Waals surface area contributed by atoms with Gasteiger partial charge in [-0.05, 0) is 38.5 Å². The van der Waals surface area contributed by atoms with Crippen molar-refractivity contribution in [3.63, 3.8) is 0 Å². The van der Waals surface area contributed by atoms with Crippen LogP contribution in [0.4, 0.5) is 11.4 Å². The second-order valence-electron chi connectivity index (χ2n) is 4.28. The Morgan fingerprint density at radius 2 is 1.63 bits per heavy atom. The van der Waals surface area contributed by atoms with Crippen molar-refractivity contribution < 1.29 is 0 Å². The van der Waals surface area contributed by atoms with Crippen molar-refractivity contribution in [1.29, 1.82) is 0 Å². The van der Waals surface area contributed by atoms with Crippen LogP contribution in [0.1, 0.15) is 19.4 Å². The van der Waals surface area contributed by atoms with Crippen LogP contribution in [0.15, 0.2) is 42.7 Å². The van der Waals surface area contributed by atoms with Gasteiger partial charge in [0, 0.05) is 17.2 Å². The van der Waals surface area contributed by atoms with E-state index in [2.05, 4.69) is 60.9 Å². The summed E-state index contributed by atoms with van der Waals surface area (Å²) in [5, 5.41) is 4.79. The number of nitrogens with one attached hydrogen (secondary N) is 1. The fourth-order valence-corrected chi connectivity index (χ4v) is 2.63. The molecule has 0 saturated heterocycles. The Morgan fingerprint density at radius 3 is 2.21 bits per heavy atom. The Hall–Kier alpha value is -1.40. The second kappa shape index (κ2) is 7.91. The summed E-state index contributed by atoms with van der Waals surface area (Å²) in [4.78, 5) is 4.19. The highest BCUT2D eigenvalue weighted by atomic mass is 31.1. The van der Waals surface area contributed by atoms with Gasteiger partial charge in [0.15, 0.2) is 0 Å². The maximum absolute atomic E-state index is 4.19. The number of hydrogen-bond acceptors (Lipinski definition) is 2. The minimum Gasteiger partial charge on any atom is -0.354 e. The van der Waals surface area contributed by atoms with E-state index in [0.717, 1.165) is 11.4 Å². The van der Waals surface area contributed by atoms with Gasteiger partial charge in [0.1, 0.15) is 0 Å². The molecular weight excluding hydrogens is 251 g/mol. The summed E-state index contributed by atoms with van der Waals surface area (Å²) in [6, 6.07) is 10.5. The lowest BCUT2D eigenvalue weighted by molar-refractivity contribution is 1.33. The molecule has 2 aromatic rings. The van der Waals surface area contributed by atoms with Crippen molar-refractivity contribution >= 4 is 24.6 Å². The molecule has 19 heavy (non-hydrogen) atoms. The molecule has 0 saturated carbocycles. The molecule has 0 unspecified atom stereocenters. The number of aryl methyl sites for hydroxylation is 1. The van der Waals surface area contributed by atoms with Crippen molar-refractivity contribution in [3.05, 3.63) is 48.3 Å². The molecule has 0 aliphatic carbocycles. The van der Waals surface area contributed by atoms with Gasteiger partial charge < -0.3 is 5.32 Å². The summed E-state index contributed by atoms with van der Waals surface area (Å²) in [6.45, 7) is 10.6. The predicted molar refractivity (Wildman–Crippen MR) is 88.4 cm³/mol. The molecule has 1 aromatic heterocycles. The lowest BCUT2D eigenvalue weighted by Gasteiger charge is -2.14. The molecule has 0 radical (unpaired) electrons. The Morgan fingerprint density at radius 1 is 1.00 bits per heavy atom. The van der Waals surface area contributed by atoms with E-state index < -0.39 is 0 Å². The van der Waals surface area contributed by atoms with Gasteiger partial charge in [0.2, 0.25) is 0 Å². The van der Waals surface area contributed by atoms with Gasteiger partial charge in [-0.3, -0.25) is 4.98 Å². The average Bonchev–Trinajstić information content (AvgIpc) is 2.44. The zero-order chi connectivity index (χ0) is 14.3. The van der Waals surface area contributed by atoms with Gasteiger partial charge in [-0.25, -0.2) is 0 Å². The minimum atomic E-state index is -0.121. The highest BCUT2D eigenvalue weighted by molar-refractivity contribution is 7.64. The maximum Gasteiger partial charge on any atom is 0.0648 e. The van der Waals surface area contributed by atoms with Gasteiger partial charge in [-0.15, -0.1) is 0 Å². The van der Waals surface area contributed by atoms with Crippen molar-refractivity contribution in [2.75, 3.05) is 18.6 Å². The van der Waals surface area contributed by atoms with E-state index in [-0.39, 0.29) is 7.92 Å². The maximum atomic E-state index is 4.19. The lowest BCUT2D eigenvalue weighted by atomic mass is 10.2. The Balaban J connectivity index is 0.000000861. The van der Waals surface area contributed by atoms with E-state index in [0.29, 0.717) is 0 Å². The second-order valence-corrected chi connectivity index (χ2v) is 6.55. The Bertz CT molecular complexity index is 492. The number of anilines is 2. The fraction of sp³-hybridized carbons (Fsp3) is 0.312. The third-order valence-electron chi connectivity index (χ3n) is 2.61. The third-order valence-corrected chi connectivity index (χ3v) is 3.96. The molecule has 102 valence electrons. The number of hydrogen-bond donors (Lipinski definition) is 1. The van der Waals surface area contributed by atoms with Gasteiger partial charge >= 0.3 is 0 Å². The first-order chi connectivity index (χ1) is 9.16. The van der Waals surface area contributed by atoms with Crippen LogP contribution >= 0.6 is 7.92 Å². The van der Waals surface area contributed by atoms with Crippen LogP contribution in [0.5, 0.6) is 0 Å². The Labute approximate surface area is 118 Å². The van der Waals surface area contributed by atoms with Crippen molar-refractivity contribution in [1.82, 2.24) is 4.98 Å². The average molecular weight is 274 g/mol. The van der Waals surface area contributed by atoms with Crippen LogP contribution in [-0.2, 0) is 0 Å². The predicted octanol–water partition coefficient (Wildman–Crippen LogP) is 4.53. The van der Waals surface area contributed by atoms with E-state index in [1.54, 1.807) is 0 Å². The first-order valence-corrected chi connectivity index (χ1v) is 8.85. The first-order valence-electron chi connectivity index (χ1n) is 6.62. The molecule has 2 rings (SSSR count). The zero-order valence-corrected chi connectivity index (χ0v) is 13.3. The van der Waals surface area contributed by atoms with Crippen LogP contribution in [0.3, 0.4) is 0 Å². The number of nitrogens with zero attached hydrogens (tertiary/aromatic N) is 1. The van der Waals surface area contributed by atoms with E-state index in [9.17, 15) is 0 Å². The summed E-state index contributed by atoms with van der Waals surface area (Å²) in [6.07, 6.45) is 3.76. The van der Waals surface area contributed by atoms with Gasteiger partial charge in [0.05, 0.1) is 11.9 Å². The molecule has 0 aliphatic heterocycles. The molecule has 1 aromatic carbocycles. The molecule has 0 aliphatic rings. The summed E-state index contributed by atoms with van der Waals surface area (Å²) in [7, 11) is -0.121. The quantitative estimate of drug-likeness (QED) is 0.832. The minimum absolute atomic E-state index is 0.121. The van der Waals surface area contributed by atoms with Gasteiger partial charge in [-0.1, -0.05) is 39.5 Å². The summed E-state index contributed by atoms with van der Waals surface area (Å²) in [5.41, 5.74) is 3.50. The van der Waals surface area contributed by atoms with E-state index >= 15 is 0 Å².